The molecule has 7 heteroatoms. The molecule has 146 valence electrons. The van der Waals surface area contributed by atoms with Crippen LogP contribution >= 0.6 is 0 Å². The Morgan fingerprint density at radius 2 is 1.89 bits per heavy atom. The lowest BCUT2D eigenvalue weighted by Crippen LogP contribution is -2.41. The number of nitrogens with one attached hydrogen (secondary N) is 2. The lowest BCUT2D eigenvalue weighted by atomic mass is 10.2. The summed E-state index contributed by atoms with van der Waals surface area (Å²) in [5.41, 5.74) is 2.15. The van der Waals surface area contributed by atoms with Crippen molar-refractivity contribution in [2.75, 3.05) is 13.6 Å². The minimum absolute atomic E-state index is 0.0997. The van der Waals surface area contributed by atoms with Crippen molar-refractivity contribution in [1.82, 2.24) is 20.4 Å². The number of aromatic nitrogens is 2. The van der Waals surface area contributed by atoms with Crippen molar-refractivity contribution in [1.29, 1.82) is 0 Å². The van der Waals surface area contributed by atoms with Gasteiger partial charge < -0.3 is 15.4 Å². The molecule has 3 aromatic rings. The van der Waals surface area contributed by atoms with Gasteiger partial charge in [0, 0.05) is 26.0 Å². The molecule has 0 aliphatic carbocycles. The predicted octanol–water partition coefficient (Wildman–Crippen LogP) is 3.14. The van der Waals surface area contributed by atoms with Crippen LogP contribution in [0.4, 0.5) is 4.39 Å². The fraction of sp³-hybridized carbons (Fsp3) is 0.238. The zero-order valence-electron chi connectivity index (χ0n) is 16.0. The summed E-state index contributed by atoms with van der Waals surface area (Å²) >= 11 is 0. The van der Waals surface area contributed by atoms with Crippen LogP contribution in [0.2, 0.25) is 0 Å². The van der Waals surface area contributed by atoms with Crippen LogP contribution in [0.3, 0.4) is 0 Å². The summed E-state index contributed by atoms with van der Waals surface area (Å²) in [5.74, 6) is 1.04. The van der Waals surface area contributed by atoms with E-state index >= 15 is 0 Å². The fourth-order valence-electron chi connectivity index (χ4n) is 2.62. The predicted molar refractivity (Wildman–Crippen MR) is 108 cm³/mol. The van der Waals surface area contributed by atoms with Crippen molar-refractivity contribution in [2.24, 2.45) is 4.99 Å². The number of hydrogen-bond donors (Lipinski definition) is 2. The molecule has 1 unspecified atom stereocenters. The molecule has 0 aliphatic rings. The number of guanidine groups is 1. The first-order valence-electron chi connectivity index (χ1n) is 9.10. The van der Waals surface area contributed by atoms with Crippen LogP contribution in [0.5, 0.6) is 5.75 Å². The number of ether oxygens (including phenoxy) is 1. The van der Waals surface area contributed by atoms with Gasteiger partial charge in [-0.25, -0.2) is 9.07 Å². The molecule has 3 rings (SSSR count). The first-order chi connectivity index (χ1) is 13.6. The van der Waals surface area contributed by atoms with E-state index in [1.807, 2.05) is 36.0 Å². The number of rotatable bonds is 7. The maximum Gasteiger partial charge on any atom is 0.191 e. The van der Waals surface area contributed by atoms with Gasteiger partial charge >= 0.3 is 0 Å². The molecular formula is C21H24FN5O. The van der Waals surface area contributed by atoms with E-state index in [1.165, 1.54) is 12.1 Å². The van der Waals surface area contributed by atoms with Crippen molar-refractivity contribution in [3.05, 3.63) is 78.4 Å². The van der Waals surface area contributed by atoms with Crippen LogP contribution in [-0.2, 0) is 6.54 Å². The van der Waals surface area contributed by atoms with E-state index in [9.17, 15) is 4.39 Å². The molecule has 0 fully saturated rings. The third-order valence-corrected chi connectivity index (χ3v) is 4.10. The first kappa shape index (κ1) is 19.4. The summed E-state index contributed by atoms with van der Waals surface area (Å²) < 4.78 is 20.5. The third kappa shape index (κ3) is 5.57. The van der Waals surface area contributed by atoms with Gasteiger partial charge in [0.15, 0.2) is 5.96 Å². The van der Waals surface area contributed by atoms with E-state index in [2.05, 4.69) is 32.9 Å². The summed E-state index contributed by atoms with van der Waals surface area (Å²) in [6, 6.07) is 16.1. The average molecular weight is 381 g/mol. The molecule has 0 spiro atoms. The Bertz CT molecular complexity index is 876. The van der Waals surface area contributed by atoms with Crippen LogP contribution in [0.25, 0.3) is 5.69 Å². The standard InChI is InChI=1S/C21H24FN5O/c1-16(28-20-10-6-18(22)7-11-20)14-24-21(23-2)25-15-17-4-8-19(9-5-17)27-13-3-12-26-27/h3-13,16H,14-15H2,1-2H3,(H2,23,24,25). The quantitative estimate of drug-likeness (QED) is 0.488. The molecule has 0 radical (unpaired) electrons. The van der Waals surface area contributed by atoms with Gasteiger partial charge in [0.05, 0.1) is 12.2 Å². The number of hydrogen-bond acceptors (Lipinski definition) is 3. The lowest BCUT2D eigenvalue weighted by molar-refractivity contribution is 0.223. The molecule has 28 heavy (non-hydrogen) atoms. The van der Waals surface area contributed by atoms with Crippen molar-refractivity contribution < 1.29 is 9.13 Å². The highest BCUT2D eigenvalue weighted by molar-refractivity contribution is 5.79. The van der Waals surface area contributed by atoms with E-state index < -0.39 is 0 Å². The normalized spacial score (nSPS) is 12.5. The minimum Gasteiger partial charge on any atom is -0.489 e. The summed E-state index contributed by atoms with van der Waals surface area (Å²) in [6.07, 6.45) is 3.57. The van der Waals surface area contributed by atoms with Crippen LogP contribution < -0.4 is 15.4 Å². The van der Waals surface area contributed by atoms with Gasteiger partial charge in [-0.05, 0) is 55.0 Å². The minimum atomic E-state index is -0.277. The number of halogens is 1. The number of benzene rings is 2. The van der Waals surface area contributed by atoms with Crippen LogP contribution in [0, 0.1) is 5.82 Å². The van der Waals surface area contributed by atoms with Gasteiger partial charge in [-0.1, -0.05) is 12.1 Å². The number of aliphatic imine (C=N–C) groups is 1. The van der Waals surface area contributed by atoms with Crippen molar-refractivity contribution in [3.63, 3.8) is 0 Å². The molecule has 1 atom stereocenters. The molecule has 0 amide bonds. The topological polar surface area (TPSA) is 63.5 Å². The molecule has 0 saturated heterocycles. The summed E-state index contributed by atoms with van der Waals surface area (Å²) in [4.78, 5) is 4.23. The van der Waals surface area contributed by atoms with E-state index in [4.69, 9.17) is 4.74 Å². The fourth-order valence-corrected chi connectivity index (χ4v) is 2.62. The molecule has 0 saturated carbocycles. The van der Waals surface area contributed by atoms with Crippen LogP contribution in [0.1, 0.15) is 12.5 Å². The monoisotopic (exact) mass is 381 g/mol. The van der Waals surface area contributed by atoms with Crippen LogP contribution in [-0.4, -0.2) is 35.4 Å². The maximum atomic E-state index is 12.9. The zero-order chi connectivity index (χ0) is 19.8. The second-order valence-electron chi connectivity index (χ2n) is 6.31. The third-order valence-electron chi connectivity index (χ3n) is 4.10. The van der Waals surface area contributed by atoms with Crippen molar-refractivity contribution in [3.8, 4) is 11.4 Å². The summed E-state index contributed by atoms with van der Waals surface area (Å²) in [6.45, 7) is 3.15. The molecule has 2 N–H and O–H groups in total. The molecular weight excluding hydrogens is 357 g/mol. The van der Waals surface area contributed by atoms with E-state index in [0.717, 1.165) is 11.3 Å². The Kier molecular flexibility index (Phi) is 6.62. The second kappa shape index (κ2) is 9.55. The highest BCUT2D eigenvalue weighted by Gasteiger charge is 2.06. The Balaban J connectivity index is 1.44. The van der Waals surface area contributed by atoms with Gasteiger partial charge in [0.25, 0.3) is 0 Å². The van der Waals surface area contributed by atoms with Crippen LogP contribution in [0.15, 0.2) is 72.0 Å². The molecule has 6 nitrogen and oxygen atoms in total. The summed E-state index contributed by atoms with van der Waals surface area (Å²) in [5, 5.41) is 10.7. The Hall–Kier alpha value is -3.35. The second-order valence-corrected chi connectivity index (χ2v) is 6.31. The maximum absolute atomic E-state index is 12.9. The Morgan fingerprint density at radius 3 is 2.54 bits per heavy atom. The lowest BCUT2D eigenvalue weighted by Gasteiger charge is -2.18. The molecule has 0 aliphatic heterocycles. The van der Waals surface area contributed by atoms with Gasteiger partial charge in [-0.3, -0.25) is 4.99 Å². The van der Waals surface area contributed by atoms with Gasteiger partial charge in [-0.2, -0.15) is 5.10 Å². The number of nitrogens with zero attached hydrogens (tertiary/aromatic N) is 3. The Labute approximate surface area is 164 Å². The van der Waals surface area contributed by atoms with E-state index in [-0.39, 0.29) is 11.9 Å². The molecule has 0 bridgehead atoms. The average Bonchev–Trinajstić information content (AvgIpc) is 3.25. The van der Waals surface area contributed by atoms with Crippen molar-refractivity contribution >= 4 is 5.96 Å². The molecule has 1 aromatic heterocycles. The largest absolute Gasteiger partial charge is 0.489 e. The van der Waals surface area contributed by atoms with Gasteiger partial charge in [-0.15, -0.1) is 0 Å². The SMILES string of the molecule is CN=C(NCc1ccc(-n2cccn2)cc1)NCC(C)Oc1ccc(F)cc1. The first-order valence-corrected chi connectivity index (χ1v) is 9.10. The van der Waals surface area contributed by atoms with Gasteiger partial charge in [0.2, 0.25) is 0 Å². The smallest absolute Gasteiger partial charge is 0.191 e. The molecule has 1 heterocycles. The van der Waals surface area contributed by atoms with E-state index in [0.29, 0.717) is 24.8 Å². The highest BCUT2D eigenvalue weighted by atomic mass is 19.1. The van der Waals surface area contributed by atoms with E-state index in [1.54, 1.807) is 25.4 Å². The Morgan fingerprint density at radius 1 is 1.14 bits per heavy atom. The molecule has 2 aromatic carbocycles. The summed E-state index contributed by atoms with van der Waals surface area (Å²) in [7, 11) is 1.72. The highest BCUT2D eigenvalue weighted by Crippen LogP contribution is 2.12. The zero-order valence-corrected chi connectivity index (χ0v) is 16.0. The van der Waals surface area contributed by atoms with Crippen molar-refractivity contribution in [2.45, 2.75) is 19.6 Å². The van der Waals surface area contributed by atoms with Gasteiger partial charge in [0.1, 0.15) is 17.7 Å².